The molecule has 1 atom stereocenters. The molecule has 100 valence electrons. The lowest BCUT2D eigenvalue weighted by atomic mass is 9.99. The third-order valence-electron chi connectivity index (χ3n) is 3.44. The fraction of sp³-hybridized carbons (Fsp3) is 0.333. The second kappa shape index (κ2) is 7.75. The first-order valence-electron chi connectivity index (χ1n) is 7.19. The summed E-state index contributed by atoms with van der Waals surface area (Å²) in [6.45, 7) is 3.22. The molecule has 0 saturated heterocycles. The molecular weight excluding hydrogens is 230 g/mol. The van der Waals surface area contributed by atoms with Crippen molar-refractivity contribution in [2.24, 2.45) is 0 Å². The summed E-state index contributed by atoms with van der Waals surface area (Å²) in [5.74, 6) is 0. The van der Waals surface area contributed by atoms with Gasteiger partial charge >= 0.3 is 0 Å². The van der Waals surface area contributed by atoms with E-state index in [9.17, 15) is 0 Å². The quantitative estimate of drug-likeness (QED) is 0.790. The van der Waals surface area contributed by atoms with Gasteiger partial charge in [-0.15, -0.1) is 0 Å². The lowest BCUT2D eigenvalue weighted by Gasteiger charge is -2.18. The highest BCUT2D eigenvalue weighted by Gasteiger charge is 2.08. The zero-order chi connectivity index (χ0) is 13.3. The molecule has 0 aliphatic carbocycles. The van der Waals surface area contributed by atoms with Crippen LogP contribution >= 0.6 is 0 Å². The third kappa shape index (κ3) is 4.88. The van der Waals surface area contributed by atoms with Gasteiger partial charge in [0.25, 0.3) is 0 Å². The normalized spacial score (nSPS) is 12.3. The monoisotopic (exact) mass is 253 g/mol. The van der Waals surface area contributed by atoms with Crippen molar-refractivity contribution in [3.8, 4) is 0 Å². The van der Waals surface area contributed by atoms with E-state index in [-0.39, 0.29) is 0 Å². The molecule has 0 aliphatic rings. The van der Waals surface area contributed by atoms with E-state index in [1.165, 1.54) is 17.5 Å². The minimum absolute atomic E-state index is 0.563. The molecule has 2 aromatic rings. The largest absolute Gasteiger partial charge is 0.314 e. The number of aryl methyl sites for hydroxylation is 1. The molecule has 1 N–H and O–H groups in total. The van der Waals surface area contributed by atoms with Crippen LogP contribution in [0.4, 0.5) is 0 Å². The summed E-state index contributed by atoms with van der Waals surface area (Å²) in [5, 5.41) is 3.60. The van der Waals surface area contributed by atoms with Crippen LogP contribution in [0.5, 0.6) is 0 Å². The topological polar surface area (TPSA) is 12.0 Å². The number of hydrogen-bond donors (Lipinski definition) is 1. The molecule has 0 bridgehead atoms. The number of rotatable bonds is 7. The maximum Gasteiger partial charge on any atom is 0.0110 e. The minimum atomic E-state index is 0.563. The van der Waals surface area contributed by atoms with Crippen molar-refractivity contribution in [2.45, 2.75) is 32.2 Å². The van der Waals surface area contributed by atoms with E-state index in [4.69, 9.17) is 0 Å². The molecule has 0 aliphatic heterocycles. The molecule has 0 heterocycles. The summed E-state index contributed by atoms with van der Waals surface area (Å²) in [6, 6.07) is 22.1. The first kappa shape index (κ1) is 13.8. The smallest absolute Gasteiger partial charge is 0.0110 e. The molecule has 0 amide bonds. The van der Waals surface area contributed by atoms with Gasteiger partial charge in [-0.3, -0.25) is 0 Å². The zero-order valence-electron chi connectivity index (χ0n) is 11.7. The van der Waals surface area contributed by atoms with Gasteiger partial charge in [0.05, 0.1) is 0 Å². The van der Waals surface area contributed by atoms with Crippen molar-refractivity contribution in [3.63, 3.8) is 0 Å². The number of hydrogen-bond acceptors (Lipinski definition) is 1. The van der Waals surface area contributed by atoms with Gasteiger partial charge in [0.2, 0.25) is 0 Å². The molecule has 1 nitrogen and oxygen atoms in total. The Hall–Kier alpha value is -1.60. The van der Waals surface area contributed by atoms with Gasteiger partial charge < -0.3 is 5.32 Å². The van der Waals surface area contributed by atoms with Crippen LogP contribution < -0.4 is 5.32 Å². The average molecular weight is 253 g/mol. The summed E-state index contributed by atoms with van der Waals surface area (Å²) < 4.78 is 0. The summed E-state index contributed by atoms with van der Waals surface area (Å²) in [5.41, 5.74) is 2.85. The van der Waals surface area contributed by atoms with Crippen LogP contribution in [0.15, 0.2) is 60.7 Å². The summed E-state index contributed by atoms with van der Waals surface area (Å²) in [4.78, 5) is 0. The molecule has 0 fully saturated rings. The third-order valence-corrected chi connectivity index (χ3v) is 3.44. The van der Waals surface area contributed by atoms with Crippen molar-refractivity contribution in [3.05, 3.63) is 71.8 Å². The fourth-order valence-corrected chi connectivity index (χ4v) is 2.45. The molecule has 1 unspecified atom stereocenters. The van der Waals surface area contributed by atoms with Crippen LogP contribution in [0, 0.1) is 0 Å². The Kier molecular flexibility index (Phi) is 5.64. The Bertz CT molecular complexity index is 450. The van der Waals surface area contributed by atoms with E-state index >= 15 is 0 Å². The fourth-order valence-electron chi connectivity index (χ4n) is 2.45. The Morgan fingerprint density at radius 1 is 0.842 bits per heavy atom. The number of benzene rings is 2. The summed E-state index contributed by atoms with van der Waals surface area (Å²) >= 11 is 0. The molecule has 0 radical (unpaired) electrons. The maximum atomic E-state index is 3.60. The van der Waals surface area contributed by atoms with Crippen molar-refractivity contribution in [2.75, 3.05) is 6.54 Å². The Morgan fingerprint density at radius 2 is 1.42 bits per heavy atom. The average Bonchev–Trinajstić information content (AvgIpc) is 2.47. The first-order chi connectivity index (χ1) is 9.38. The van der Waals surface area contributed by atoms with E-state index < -0.39 is 0 Å². The van der Waals surface area contributed by atoms with E-state index in [1.807, 2.05) is 0 Å². The molecule has 2 rings (SSSR count). The highest BCUT2D eigenvalue weighted by atomic mass is 14.9. The second-order valence-corrected chi connectivity index (χ2v) is 4.97. The van der Waals surface area contributed by atoms with Crippen LogP contribution in [0.3, 0.4) is 0 Å². The van der Waals surface area contributed by atoms with Crippen LogP contribution in [0.2, 0.25) is 0 Å². The van der Waals surface area contributed by atoms with Gasteiger partial charge in [-0.1, -0.05) is 67.6 Å². The zero-order valence-corrected chi connectivity index (χ0v) is 11.7. The molecule has 19 heavy (non-hydrogen) atoms. The van der Waals surface area contributed by atoms with Crippen LogP contribution in [0.25, 0.3) is 0 Å². The Balaban J connectivity index is 1.89. The van der Waals surface area contributed by atoms with E-state index in [0.29, 0.717) is 6.04 Å². The highest BCUT2D eigenvalue weighted by molar-refractivity contribution is 5.17. The van der Waals surface area contributed by atoms with Crippen molar-refractivity contribution in [1.29, 1.82) is 0 Å². The van der Waals surface area contributed by atoms with Crippen molar-refractivity contribution in [1.82, 2.24) is 5.32 Å². The Labute approximate surface area is 116 Å². The van der Waals surface area contributed by atoms with Crippen LogP contribution in [-0.2, 0) is 12.8 Å². The lowest BCUT2D eigenvalue weighted by molar-refractivity contribution is 0.491. The maximum absolute atomic E-state index is 3.60. The number of likely N-dealkylation sites (N-methyl/N-ethyl adjacent to an activating group) is 1. The van der Waals surface area contributed by atoms with E-state index in [1.54, 1.807) is 0 Å². The highest BCUT2D eigenvalue weighted by Crippen LogP contribution is 2.10. The Morgan fingerprint density at radius 3 is 2.00 bits per heavy atom. The standard InChI is InChI=1S/C18H23N/c1-2-19-18(15-17-11-7-4-8-12-17)14-13-16-9-5-3-6-10-16/h3-12,18-19H,2,13-15H2,1H3. The van der Waals surface area contributed by atoms with E-state index in [0.717, 1.165) is 19.4 Å². The van der Waals surface area contributed by atoms with Gasteiger partial charge in [0.1, 0.15) is 0 Å². The van der Waals surface area contributed by atoms with Gasteiger partial charge in [-0.25, -0.2) is 0 Å². The predicted octanol–water partition coefficient (Wildman–Crippen LogP) is 3.84. The molecule has 0 aromatic heterocycles. The minimum Gasteiger partial charge on any atom is -0.314 e. The van der Waals surface area contributed by atoms with Gasteiger partial charge in [0, 0.05) is 6.04 Å². The molecule has 1 heteroatoms. The summed E-state index contributed by atoms with van der Waals surface area (Å²) in [6.07, 6.45) is 3.44. The predicted molar refractivity (Wildman–Crippen MR) is 82.4 cm³/mol. The summed E-state index contributed by atoms with van der Waals surface area (Å²) in [7, 11) is 0. The molecule has 0 saturated carbocycles. The van der Waals surface area contributed by atoms with Gasteiger partial charge in [0.15, 0.2) is 0 Å². The van der Waals surface area contributed by atoms with Gasteiger partial charge in [-0.05, 0) is 36.9 Å². The van der Waals surface area contributed by atoms with Crippen molar-refractivity contribution >= 4 is 0 Å². The second-order valence-electron chi connectivity index (χ2n) is 4.97. The van der Waals surface area contributed by atoms with Crippen LogP contribution in [-0.4, -0.2) is 12.6 Å². The van der Waals surface area contributed by atoms with Crippen LogP contribution in [0.1, 0.15) is 24.5 Å². The van der Waals surface area contributed by atoms with Crippen molar-refractivity contribution < 1.29 is 0 Å². The van der Waals surface area contributed by atoms with E-state index in [2.05, 4.69) is 72.9 Å². The first-order valence-corrected chi connectivity index (χ1v) is 7.19. The molecule has 2 aromatic carbocycles. The molecular formula is C18H23N. The lowest BCUT2D eigenvalue weighted by Crippen LogP contribution is -2.31. The SMILES string of the molecule is CCNC(CCc1ccccc1)Cc1ccccc1. The van der Waals surface area contributed by atoms with Gasteiger partial charge in [-0.2, -0.15) is 0 Å². The molecule has 0 spiro atoms. The number of nitrogens with one attached hydrogen (secondary N) is 1.